The second-order valence-electron chi connectivity index (χ2n) is 6.56. The van der Waals surface area contributed by atoms with E-state index < -0.39 is 23.5 Å². The lowest BCUT2D eigenvalue weighted by molar-refractivity contribution is -0.134. The lowest BCUT2D eigenvalue weighted by Gasteiger charge is -2.09. The average Bonchev–Trinajstić information content (AvgIpc) is 2.75. The van der Waals surface area contributed by atoms with E-state index in [0.29, 0.717) is 22.3 Å². The Morgan fingerprint density at radius 1 is 0.875 bits per heavy atom. The summed E-state index contributed by atoms with van der Waals surface area (Å²) in [4.78, 5) is 36.1. The van der Waals surface area contributed by atoms with Gasteiger partial charge < -0.3 is 15.4 Å². The largest absolute Gasteiger partial charge is 0.426 e. The Morgan fingerprint density at radius 2 is 1.59 bits per heavy atom. The maximum atomic E-state index is 13.6. The van der Waals surface area contributed by atoms with Crippen LogP contribution in [-0.2, 0) is 4.79 Å². The molecule has 0 aliphatic heterocycles. The van der Waals surface area contributed by atoms with Crippen LogP contribution in [0.2, 0.25) is 5.02 Å². The van der Waals surface area contributed by atoms with Crippen LogP contribution in [0.25, 0.3) is 0 Å². The Morgan fingerprint density at radius 3 is 2.28 bits per heavy atom. The summed E-state index contributed by atoms with van der Waals surface area (Å²) in [7, 11) is 0. The van der Waals surface area contributed by atoms with Crippen molar-refractivity contribution in [3.63, 3.8) is 0 Å². The van der Waals surface area contributed by atoms with Crippen LogP contribution in [0.1, 0.15) is 27.1 Å². The molecule has 0 aliphatic carbocycles. The number of rotatable bonds is 7. The van der Waals surface area contributed by atoms with Crippen LogP contribution >= 0.6 is 11.6 Å². The predicted octanol–water partition coefficient (Wildman–Crippen LogP) is 4.60. The van der Waals surface area contributed by atoms with E-state index >= 15 is 0 Å². The van der Waals surface area contributed by atoms with Crippen molar-refractivity contribution in [2.75, 3.05) is 11.9 Å². The van der Waals surface area contributed by atoms with E-state index in [1.807, 2.05) is 0 Å². The number of hydrogen-bond acceptors (Lipinski definition) is 4. The van der Waals surface area contributed by atoms with Crippen LogP contribution in [0.15, 0.2) is 66.7 Å². The molecule has 0 radical (unpaired) electrons. The molecule has 0 heterocycles. The van der Waals surface area contributed by atoms with E-state index in [1.165, 1.54) is 12.1 Å². The van der Waals surface area contributed by atoms with Crippen molar-refractivity contribution in [3.8, 4) is 5.75 Å². The SMILES string of the molecule is O=C(CCNC(=O)c1ccc(F)cc1F)Oc1ccc(NC(=O)c2ccccc2Cl)cc1. The number of carbonyl (C=O) groups excluding carboxylic acids is 3. The van der Waals surface area contributed by atoms with Gasteiger partial charge in [-0.25, -0.2) is 8.78 Å². The molecule has 0 aromatic heterocycles. The van der Waals surface area contributed by atoms with E-state index in [1.54, 1.807) is 36.4 Å². The van der Waals surface area contributed by atoms with Gasteiger partial charge in [0.25, 0.3) is 11.8 Å². The van der Waals surface area contributed by atoms with Crippen LogP contribution < -0.4 is 15.4 Å². The van der Waals surface area contributed by atoms with Crippen LogP contribution in [0, 0.1) is 11.6 Å². The third kappa shape index (κ3) is 6.12. The molecule has 6 nitrogen and oxygen atoms in total. The van der Waals surface area contributed by atoms with Crippen LogP contribution in [-0.4, -0.2) is 24.3 Å². The van der Waals surface area contributed by atoms with E-state index in [4.69, 9.17) is 16.3 Å². The molecular weight excluding hydrogens is 442 g/mol. The molecule has 0 saturated heterocycles. The summed E-state index contributed by atoms with van der Waals surface area (Å²) in [6.07, 6.45) is -0.167. The molecular formula is C23H17ClF2N2O4. The first-order valence-electron chi connectivity index (χ1n) is 9.43. The van der Waals surface area contributed by atoms with Gasteiger partial charge in [-0.3, -0.25) is 14.4 Å². The highest BCUT2D eigenvalue weighted by molar-refractivity contribution is 6.34. The van der Waals surface area contributed by atoms with Crippen LogP contribution in [0.4, 0.5) is 14.5 Å². The molecule has 0 bridgehead atoms. The van der Waals surface area contributed by atoms with Gasteiger partial charge in [0.2, 0.25) is 0 Å². The van der Waals surface area contributed by atoms with Gasteiger partial charge in [0.05, 0.1) is 22.6 Å². The van der Waals surface area contributed by atoms with E-state index in [9.17, 15) is 23.2 Å². The number of carbonyl (C=O) groups is 3. The topological polar surface area (TPSA) is 84.5 Å². The summed E-state index contributed by atoms with van der Waals surface area (Å²) in [5.74, 6) is -3.33. The molecule has 32 heavy (non-hydrogen) atoms. The zero-order valence-electron chi connectivity index (χ0n) is 16.5. The highest BCUT2D eigenvalue weighted by atomic mass is 35.5. The fourth-order valence-electron chi connectivity index (χ4n) is 2.68. The molecule has 3 aromatic rings. The zero-order valence-corrected chi connectivity index (χ0v) is 17.3. The van der Waals surface area contributed by atoms with Gasteiger partial charge >= 0.3 is 5.97 Å². The summed E-state index contributed by atoms with van der Waals surface area (Å²) in [5.41, 5.74) is 0.477. The molecule has 3 aromatic carbocycles. The standard InChI is InChI=1S/C23H17ClF2N2O4/c24-19-4-2-1-3-17(19)23(31)28-15-6-8-16(9-7-15)32-21(29)11-12-27-22(30)18-10-5-14(25)13-20(18)26/h1-10,13H,11-12H2,(H,27,30)(H,28,31). The predicted molar refractivity (Wildman–Crippen MR) is 115 cm³/mol. The highest BCUT2D eigenvalue weighted by Gasteiger charge is 2.14. The molecule has 2 amide bonds. The summed E-state index contributed by atoms with van der Waals surface area (Å²) >= 11 is 6.00. The first kappa shape index (κ1) is 22.9. The molecule has 0 aliphatic rings. The number of esters is 1. The lowest BCUT2D eigenvalue weighted by Crippen LogP contribution is -2.27. The molecule has 2 N–H and O–H groups in total. The third-order valence-electron chi connectivity index (χ3n) is 4.25. The number of benzene rings is 3. The monoisotopic (exact) mass is 458 g/mol. The molecule has 0 spiro atoms. The van der Waals surface area contributed by atoms with Gasteiger partial charge in [-0.1, -0.05) is 23.7 Å². The second kappa shape index (κ2) is 10.5. The van der Waals surface area contributed by atoms with E-state index in [2.05, 4.69) is 10.6 Å². The number of nitrogens with one attached hydrogen (secondary N) is 2. The van der Waals surface area contributed by atoms with Gasteiger partial charge in [0.1, 0.15) is 17.4 Å². The van der Waals surface area contributed by atoms with Crippen LogP contribution in [0.5, 0.6) is 5.75 Å². The quantitative estimate of drug-likeness (QED) is 0.400. The fourth-order valence-corrected chi connectivity index (χ4v) is 2.90. The van der Waals surface area contributed by atoms with Crippen molar-refractivity contribution < 1.29 is 27.9 Å². The fraction of sp³-hybridized carbons (Fsp3) is 0.0870. The number of anilines is 1. The normalized spacial score (nSPS) is 10.3. The number of halogens is 3. The molecule has 0 saturated carbocycles. The minimum Gasteiger partial charge on any atom is -0.426 e. The zero-order chi connectivity index (χ0) is 23.1. The maximum Gasteiger partial charge on any atom is 0.312 e. The summed E-state index contributed by atoms with van der Waals surface area (Å²) < 4.78 is 31.6. The minimum atomic E-state index is -0.994. The van der Waals surface area contributed by atoms with E-state index in [0.717, 1.165) is 12.1 Å². The van der Waals surface area contributed by atoms with Gasteiger partial charge in [-0.05, 0) is 48.5 Å². The summed E-state index contributed by atoms with van der Waals surface area (Å²) in [6.45, 7) is -0.0968. The molecule has 0 atom stereocenters. The molecule has 3 rings (SSSR count). The van der Waals surface area contributed by atoms with Crippen LogP contribution in [0.3, 0.4) is 0 Å². The molecule has 9 heteroatoms. The number of amides is 2. The lowest BCUT2D eigenvalue weighted by atomic mass is 10.2. The maximum absolute atomic E-state index is 13.6. The highest BCUT2D eigenvalue weighted by Crippen LogP contribution is 2.20. The van der Waals surface area contributed by atoms with Gasteiger partial charge in [0, 0.05) is 18.3 Å². The first-order chi connectivity index (χ1) is 15.3. The van der Waals surface area contributed by atoms with Crippen molar-refractivity contribution in [3.05, 3.63) is 94.5 Å². The van der Waals surface area contributed by atoms with Gasteiger partial charge in [-0.2, -0.15) is 0 Å². The summed E-state index contributed by atoms with van der Waals surface area (Å²) in [5, 5.41) is 5.37. The summed E-state index contributed by atoms with van der Waals surface area (Å²) in [6, 6.07) is 15.3. The van der Waals surface area contributed by atoms with Crippen molar-refractivity contribution in [2.24, 2.45) is 0 Å². The Hall–Kier alpha value is -3.78. The Bertz CT molecular complexity index is 1150. The molecule has 0 unspecified atom stereocenters. The first-order valence-corrected chi connectivity index (χ1v) is 9.81. The smallest absolute Gasteiger partial charge is 0.312 e. The van der Waals surface area contributed by atoms with E-state index in [-0.39, 0.29) is 30.2 Å². The number of hydrogen-bond donors (Lipinski definition) is 2. The van der Waals surface area contributed by atoms with Crippen molar-refractivity contribution in [1.29, 1.82) is 0 Å². The average molecular weight is 459 g/mol. The Kier molecular flexibility index (Phi) is 7.51. The van der Waals surface area contributed by atoms with Gasteiger partial charge in [-0.15, -0.1) is 0 Å². The third-order valence-corrected chi connectivity index (χ3v) is 4.58. The Balaban J connectivity index is 1.47. The number of ether oxygens (including phenoxy) is 1. The van der Waals surface area contributed by atoms with Crippen molar-refractivity contribution in [1.82, 2.24) is 5.32 Å². The van der Waals surface area contributed by atoms with Gasteiger partial charge in [0.15, 0.2) is 0 Å². The van der Waals surface area contributed by atoms with Crippen molar-refractivity contribution in [2.45, 2.75) is 6.42 Å². The second-order valence-corrected chi connectivity index (χ2v) is 6.97. The molecule has 164 valence electrons. The minimum absolute atomic E-state index is 0.0968. The Labute approximate surface area is 187 Å². The molecule has 0 fully saturated rings. The van der Waals surface area contributed by atoms with Crippen molar-refractivity contribution >= 4 is 35.1 Å².